The monoisotopic (exact) mass is 214 g/mol. The first-order valence-electron chi connectivity index (χ1n) is 5.13. The number of epoxide rings is 1. The van der Waals surface area contributed by atoms with Crippen LogP contribution in [-0.4, -0.2) is 24.3 Å². The van der Waals surface area contributed by atoms with Gasteiger partial charge in [0.2, 0.25) is 0 Å². The fourth-order valence-electron chi connectivity index (χ4n) is 1.71. The second kappa shape index (κ2) is 3.54. The minimum absolute atomic E-state index is 0.222. The van der Waals surface area contributed by atoms with Gasteiger partial charge in [0.1, 0.15) is 24.5 Å². The van der Waals surface area contributed by atoms with Crippen molar-refractivity contribution < 1.29 is 9.47 Å². The molecule has 1 N–H and O–H groups in total. The molecule has 0 bridgehead atoms. The molecule has 0 spiro atoms. The van der Waals surface area contributed by atoms with Gasteiger partial charge < -0.3 is 14.5 Å². The number of nitrogens with one attached hydrogen (secondary N) is 1. The van der Waals surface area contributed by atoms with Gasteiger partial charge in [-0.3, -0.25) is 0 Å². The fraction of sp³-hybridized carbons (Fsp3) is 0.250. The molecule has 3 rings (SSSR count). The molecule has 2 heterocycles. The van der Waals surface area contributed by atoms with Gasteiger partial charge in [-0.25, -0.2) is 0 Å². The Hall–Kier alpha value is -1.99. The van der Waals surface area contributed by atoms with E-state index in [0.717, 1.165) is 23.3 Å². The SMILES string of the molecule is N#Cc1c[nH]c2cccc(OCC3CO3)c12. The summed E-state index contributed by atoms with van der Waals surface area (Å²) in [4.78, 5) is 3.05. The van der Waals surface area contributed by atoms with E-state index < -0.39 is 0 Å². The van der Waals surface area contributed by atoms with Crippen LogP contribution in [0.5, 0.6) is 5.75 Å². The number of nitrogens with zero attached hydrogens (tertiary/aromatic N) is 1. The lowest BCUT2D eigenvalue weighted by molar-refractivity contribution is 0.265. The van der Waals surface area contributed by atoms with Gasteiger partial charge in [-0.15, -0.1) is 0 Å². The maximum Gasteiger partial charge on any atom is 0.130 e. The highest BCUT2D eigenvalue weighted by Crippen LogP contribution is 2.28. The van der Waals surface area contributed by atoms with Gasteiger partial charge in [-0.1, -0.05) is 6.07 Å². The van der Waals surface area contributed by atoms with E-state index in [0.29, 0.717) is 12.2 Å². The Kier molecular flexibility index (Phi) is 2.05. The molecular weight excluding hydrogens is 204 g/mol. The largest absolute Gasteiger partial charge is 0.490 e. The van der Waals surface area contributed by atoms with Crippen LogP contribution < -0.4 is 4.74 Å². The average molecular weight is 214 g/mol. The second-order valence-electron chi connectivity index (χ2n) is 3.76. The predicted molar refractivity (Wildman–Crippen MR) is 58.2 cm³/mol. The van der Waals surface area contributed by atoms with Crippen molar-refractivity contribution in [3.8, 4) is 11.8 Å². The van der Waals surface area contributed by atoms with E-state index in [-0.39, 0.29) is 6.10 Å². The Morgan fingerprint density at radius 1 is 1.56 bits per heavy atom. The van der Waals surface area contributed by atoms with Gasteiger partial charge in [0, 0.05) is 6.20 Å². The van der Waals surface area contributed by atoms with E-state index in [1.807, 2.05) is 18.2 Å². The van der Waals surface area contributed by atoms with Crippen molar-refractivity contribution >= 4 is 10.9 Å². The number of rotatable bonds is 3. The molecule has 4 nitrogen and oxygen atoms in total. The number of H-pyrrole nitrogens is 1. The molecule has 1 aliphatic heterocycles. The molecule has 0 radical (unpaired) electrons. The zero-order valence-electron chi connectivity index (χ0n) is 8.56. The lowest BCUT2D eigenvalue weighted by atomic mass is 10.1. The lowest BCUT2D eigenvalue weighted by Crippen LogP contribution is -2.04. The van der Waals surface area contributed by atoms with Crippen LogP contribution in [0, 0.1) is 11.3 Å². The average Bonchev–Trinajstić information content (AvgIpc) is 3.04. The molecule has 0 aliphatic carbocycles. The maximum absolute atomic E-state index is 8.99. The Balaban J connectivity index is 2.00. The highest BCUT2D eigenvalue weighted by atomic mass is 16.6. The molecule has 1 atom stereocenters. The van der Waals surface area contributed by atoms with Crippen LogP contribution in [0.4, 0.5) is 0 Å². The van der Waals surface area contributed by atoms with Gasteiger partial charge in [0.05, 0.1) is 23.1 Å². The van der Waals surface area contributed by atoms with E-state index in [1.54, 1.807) is 6.20 Å². The molecule has 16 heavy (non-hydrogen) atoms. The van der Waals surface area contributed by atoms with Crippen molar-refractivity contribution in [3.63, 3.8) is 0 Å². The molecule has 1 unspecified atom stereocenters. The molecular formula is C12H10N2O2. The normalized spacial score (nSPS) is 18.3. The summed E-state index contributed by atoms with van der Waals surface area (Å²) in [5.74, 6) is 0.741. The fourth-order valence-corrected chi connectivity index (χ4v) is 1.71. The van der Waals surface area contributed by atoms with Gasteiger partial charge >= 0.3 is 0 Å². The summed E-state index contributed by atoms with van der Waals surface area (Å²) in [6, 6.07) is 7.86. The molecule has 1 aliphatic rings. The molecule has 1 fully saturated rings. The van der Waals surface area contributed by atoms with Crippen molar-refractivity contribution in [3.05, 3.63) is 30.0 Å². The second-order valence-corrected chi connectivity index (χ2v) is 3.76. The first-order chi connectivity index (χ1) is 7.88. The zero-order valence-corrected chi connectivity index (χ0v) is 8.56. The number of ether oxygens (including phenoxy) is 2. The first-order valence-corrected chi connectivity index (χ1v) is 5.13. The summed E-state index contributed by atoms with van der Waals surface area (Å²) < 4.78 is 10.7. The summed E-state index contributed by atoms with van der Waals surface area (Å²) in [5, 5.41) is 9.84. The third kappa shape index (κ3) is 1.51. The Bertz CT molecular complexity index is 564. The standard InChI is InChI=1S/C12H10N2O2/c13-4-8-5-14-10-2-1-3-11(12(8)10)16-7-9-6-15-9/h1-3,5,9,14H,6-7H2. The van der Waals surface area contributed by atoms with E-state index in [4.69, 9.17) is 14.7 Å². The number of nitriles is 1. The maximum atomic E-state index is 8.99. The van der Waals surface area contributed by atoms with E-state index in [1.165, 1.54) is 0 Å². The number of aromatic amines is 1. The quantitative estimate of drug-likeness (QED) is 0.792. The molecule has 1 saturated heterocycles. The molecule has 2 aromatic rings. The summed E-state index contributed by atoms with van der Waals surface area (Å²) in [5.41, 5.74) is 1.54. The highest BCUT2D eigenvalue weighted by Gasteiger charge is 2.23. The number of fused-ring (bicyclic) bond motifs is 1. The topological polar surface area (TPSA) is 61.3 Å². The minimum Gasteiger partial charge on any atom is -0.490 e. The molecule has 0 amide bonds. The number of hydrogen-bond acceptors (Lipinski definition) is 3. The summed E-state index contributed by atoms with van der Waals surface area (Å²) in [6.07, 6.45) is 1.92. The van der Waals surface area contributed by atoms with Crippen molar-refractivity contribution in [2.45, 2.75) is 6.10 Å². The van der Waals surface area contributed by atoms with E-state index >= 15 is 0 Å². The summed E-state index contributed by atoms with van der Waals surface area (Å²) in [7, 11) is 0. The number of aromatic nitrogens is 1. The zero-order chi connectivity index (χ0) is 11.0. The lowest BCUT2D eigenvalue weighted by Gasteiger charge is -2.05. The predicted octanol–water partition coefficient (Wildman–Crippen LogP) is 1.82. The van der Waals surface area contributed by atoms with Crippen molar-refractivity contribution in [2.24, 2.45) is 0 Å². The van der Waals surface area contributed by atoms with Crippen LogP contribution in [0.15, 0.2) is 24.4 Å². The first kappa shape index (κ1) is 9.25. The minimum atomic E-state index is 0.222. The molecule has 80 valence electrons. The van der Waals surface area contributed by atoms with Crippen molar-refractivity contribution in [1.82, 2.24) is 4.98 Å². The molecule has 4 heteroatoms. The smallest absolute Gasteiger partial charge is 0.130 e. The van der Waals surface area contributed by atoms with Gasteiger partial charge in [0.25, 0.3) is 0 Å². The third-order valence-corrected chi connectivity index (χ3v) is 2.62. The Labute approximate surface area is 92.4 Å². The van der Waals surface area contributed by atoms with Crippen LogP contribution in [0.25, 0.3) is 10.9 Å². The molecule has 1 aromatic carbocycles. The van der Waals surface area contributed by atoms with Crippen LogP contribution in [-0.2, 0) is 4.74 Å². The van der Waals surface area contributed by atoms with Crippen LogP contribution >= 0.6 is 0 Å². The van der Waals surface area contributed by atoms with Crippen molar-refractivity contribution in [2.75, 3.05) is 13.2 Å². The molecule has 0 saturated carbocycles. The van der Waals surface area contributed by atoms with Gasteiger partial charge in [-0.05, 0) is 12.1 Å². The van der Waals surface area contributed by atoms with Crippen molar-refractivity contribution in [1.29, 1.82) is 5.26 Å². The van der Waals surface area contributed by atoms with Crippen LogP contribution in [0.2, 0.25) is 0 Å². The van der Waals surface area contributed by atoms with Gasteiger partial charge in [0.15, 0.2) is 0 Å². The summed E-state index contributed by atoms with van der Waals surface area (Å²) in [6.45, 7) is 1.32. The Morgan fingerprint density at radius 3 is 3.19 bits per heavy atom. The Morgan fingerprint density at radius 2 is 2.44 bits per heavy atom. The highest BCUT2D eigenvalue weighted by molar-refractivity contribution is 5.91. The van der Waals surface area contributed by atoms with E-state index in [9.17, 15) is 0 Å². The molecule has 1 aromatic heterocycles. The van der Waals surface area contributed by atoms with Crippen LogP contribution in [0.1, 0.15) is 5.56 Å². The van der Waals surface area contributed by atoms with Crippen LogP contribution in [0.3, 0.4) is 0 Å². The summed E-state index contributed by atoms with van der Waals surface area (Å²) >= 11 is 0. The van der Waals surface area contributed by atoms with Gasteiger partial charge in [-0.2, -0.15) is 5.26 Å². The third-order valence-electron chi connectivity index (χ3n) is 2.62. The number of hydrogen-bond donors (Lipinski definition) is 1. The number of benzene rings is 1. The van der Waals surface area contributed by atoms with E-state index in [2.05, 4.69) is 11.1 Å².